The number of rotatable bonds is 2. The molecule has 0 aliphatic carbocycles. The lowest BCUT2D eigenvalue weighted by Gasteiger charge is -2.23. The third kappa shape index (κ3) is 3.15. The minimum absolute atomic E-state index is 0. The molecule has 1 amide bonds. The number of benzene rings is 1. The Morgan fingerprint density at radius 3 is 2.96 bits per heavy atom. The molecule has 2 bridgehead atoms. The molecule has 0 spiro atoms. The summed E-state index contributed by atoms with van der Waals surface area (Å²) in [7, 11) is 0. The first-order chi connectivity index (χ1) is 12.3. The van der Waals surface area contributed by atoms with Crippen molar-refractivity contribution in [1.82, 2.24) is 15.2 Å². The molecule has 2 fully saturated rings. The highest BCUT2D eigenvalue weighted by molar-refractivity contribution is 7.16. The van der Waals surface area contributed by atoms with Gasteiger partial charge in [0, 0.05) is 30.7 Å². The maximum atomic E-state index is 12.9. The van der Waals surface area contributed by atoms with Crippen LogP contribution < -0.4 is 14.8 Å². The van der Waals surface area contributed by atoms with Crippen molar-refractivity contribution >= 4 is 29.7 Å². The monoisotopic (exact) mass is 393 g/mol. The molecule has 138 valence electrons. The number of fused-ring (bicyclic) bond motifs is 3. The van der Waals surface area contributed by atoms with E-state index in [0.29, 0.717) is 17.0 Å². The first kappa shape index (κ1) is 17.6. The van der Waals surface area contributed by atoms with Gasteiger partial charge >= 0.3 is 0 Å². The van der Waals surface area contributed by atoms with Crippen LogP contribution in [-0.2, 0) is 0 Å². The molecule has 26 heavy (non-hydrogen) atoms. The summed E-state index contributed by atoms with van der Waals surface area (Å²) in [4.78, 5) is 20.0. The van der Waals surface area contributed by atoms with Crippen LogP contribution in [0.15, 0.2) is 24.4 Å². The zero-order valence-corrected chi connectivity index (χ0v) is 15.8. The van der Waals surface area contributed by atoms with Crippen LogP contribution in [0.5, 0.6) is 11.5 Å². The van der Waals surface area contributed by atoms with Crippen LogP contribution >= 0.6 is 23.7 Å². The average Bonchev–Trinajstić information content (AvgIpc) is 3.32. The molecule has 2 aromatic rings. The van der Waals surface area contributed by atoms with Gasteiger partial charge in [-0.05, 0) is 37.5 Å². The van der Waals surface area contributed by atoms with E-state index in [-0.39, 0.29) is 25.1 Å². The Morgan fingerprint density at radius 1 is 1.19 bits per heavy atom. The van der Waals surface area contributed by atoms with Crippen molar-refractivity contribution in [2.75, 3.05) is 19.9 Å². The lowest BCUT2D eigenvalue weighted by molar-refractivity contribution is 0.0753. The second kappa shape index (κ2) is 7.06. The summed E-state index contributed by atoms with van der Waals surface area (Å²) >= 11 is 1.44. The van der Waals surface area contributed by atoms with E-state index in [1.54, 1.807) is 6.20 Å². The van der Waals surface area contributed by atoms with Gasteiger partial charge in [-0.3, -0.25) is 4.79 Å². The number of likely N-dealkylation sites (tertiary alicyclic amines) is 1. The van der Waals surface area contributed by atoms with Gasteiger partial charge < -0.3 is 19.7 Å². The molecule has 3 aliphatic rings. The highest BCUT2D eigenvalue weighted by atomic mass is 35.5. The fraction of sp³-hybridized carbons (Fsp3) is 0.444. The Kier molecular flexibility index (Phi) is 4.77. The van der Waals surface area contributed by atoms with Crippen molar-refractivity contribution in [3.05, 3.63) is 29.3 Å². The summed E-state index contributed by atoms with van der Waals surface area (Å²) in [5.41, 5.74) is 0.949. The number of carbonyl (C=O) groups is 1. The maximum Gasteiger partial charge on any atom is 0.265 e. The molecule has 3 aliphatic heterocycles. The number of aromatic nitrogens is 1. The number of ether oxygens (including phenoxy) is 2. The van der Waals surface area contributed by atoms with E-state index in [1.165, 1.54) is 24.2 Å². The van der Waals surface area contributed by atoms with Crippen LogP contribution in [0.3, 0.4) is 0 Å². The largest absolute Gasteiger partial charge is 0.454 e. The molecular weight excluding hydrogens is 374 g/mol. The Labute approximate surface area is 161 Å². The molecular formula is C18H20ClN3O3S. The maximum absolute atomic E-state index is 12.9. The predicted octanol–water partition coefficient (Wildman–Crippen LogP) is 2.93. The van der Waals surface area contributed by atoms with Crippen molar-refractivity contribution in [1.29, 1.82) is 0 Å². The van der Waals surface area contributed by atoms with E-state index in [2.05, 4.69) is 10.3 Å². The molecule has 2 atom stereocenters. The first-order valence-electron chi connectivity index (χ1n) is 8.67. The van der Waals surface area contributed by atoms with E-state index in [4.69, 9.17) is 9.47 Å². The van der Waals surface area contributed by atoms with Gasteiger partial charge in [-0.25, -0.2) is 4.98 Å². The summed E-state index contributed by atoms with van der Waals surface area (Å²) in [6.07, 6.45) is 5.14. The molecule has 4 heterocycles. The van der Waals surface area contributed by atoms with Crippen LogP contribution in [-0.4, -0.2) is 47.8 Å². The summed E-state index contributed by atoms with van der Waals surface area (Å²) < 4.78 is 10.8. The number of hydrogen-bond donors (Lipinski definition) is 1. The van der Waals surface area contributed by atoms with Crippen LogP contribution in [0.4, 0.5) is 0 Å². The van der Waals surface area contributed by atoms with Gasteiger partial charge in [0.2, 0.25) is 6.79 Å². The number of thiazole rings is 1. The van der Waals surface area contributed by atoms with E-state index in [0.717, 1.165) is 41.6 Å². The zero-order valence-electron chi connectivity index (χ0n) is 14.1. The molecule has 0 radical (unpaired) electrons. The molecule has 1 N–H and O–H groups in total. The van der Waals surface area contributed by atoms with Gasteiger partial charge in [0.05, 0.1) is 6.20 Å². The third-order valence-corrected chi connectivity index (χ3v) is 6.18. The van der Waals surface area contributed by atoms with Crippen molar-refractivity contribution < 1.29 is 14.3 Å². The van der Waals surface area contributed by atoms with Crippen molar-refractivity contribution in [2.45, 2.75) is 31.3 Å². The van der Waals surface area contributed by atoms with Crippen LogP contribution in [0.2, 0.25) is 0 Å². The summed E-state index contributed by atoms with van der Waals surface area (Å²) in [5, 5.41) is 4.44. The van der Waals surface area contributed by atoms with E-state index < -0.39 is 0 Å². The standard InChI is InChI=1S/C18H19N3O3S.ClH/c22-18(21-6-5-12-2-3-13(9-21)20-12)16-8-19-17(25-16)11-1-4-14-15(7-11)24-10-23-14;/h1,4,7-8,12-13,20H,2-3,5-6,9-10H2;1H. The third-order valence-electron chi connectivity index (χ3n) is 5.15. The molecule has 2 saturated heterocycles. The number of hydrogen-bond acceptors (Lipinski definition) is 6. The Morgan fingerprint density at radius 2 is 2.04 bits per heavy atom. The quantitative estimate of drug-likeness (QED) is 0.849. The smallest absolute Gasteiger partial charge is 0.265 e. The van der Waals surface area contributed by atoms with Gasteiger partial charge in [-0.2, -0.15) is 0 Å². The number of amides is 1. The van der Waals surface area contributed by atoms with Gasteiger partial charge in [0.1, 0.15) is 9.88 Å². The minimum atomic E-state index is 0. The fourth-order valence-electron chi connectivity index (χ4n) is 3.82. The van der Waals surface area contributed by atoms with Gasteiger partial charge in [-0.15, -0.1) is 23.7 Å². The van der Waals surface area contributed by atoms with Crippen LogP contribution in [0.1, 0.15) is 28.9 Å². The SMILES string of the molecule is Cl.O=C(c1cnc(-c2ccc3c(c2)OCO3)s1)N1CCC2CCC(C1)N2. The second-order valence-electron chi connectivity index (χ2n) is 6.78. The van der Waals surface area contributed by atoms with Crippen molar-refractivity contribution in [2.24, 2.45) is 0 Å². The molecule has 2 unspecified atom stereocenters. The molecule has 1 aromatic carbocycles. The highest BCUT2D eigenvalue weighted by Crippen LogP contribution is 2.37. The minimum Gasteiger partial charge on any atom is -0.454 e. The van der Waals surface area contributed by atoms with E-state index >= 15 is 0 Å². The van der Waals surface area contributed by atoms with Crippen molar-refractivity contribution in [3.63, 3.8) is 0 Å². The Bertz CT molecular complexity index is 828. The summed E-state index contributed by atoms with van der Waals surface area (Å²) in [5.74, 6) is 1.58. The Hall–Kier alpha value is -1.83. The number of nitrogens with one attached hydrogen (secondary N) is 1. The molecule has 1 aromatic heterocycles. The first-order valence-corrected chi connectivity index (χ1v) is 9.49. The molecule has 0 saturated carbocycles. The number of halogens is 1. The van der Waals surface area contributed by atoms with Gasteiger partial charge in [0.25, 0.3) is 5.91 Å². The van der Waals surface area contributed by atoms with Crippen LogP contribution in [0, 0.1) is 0 Å². The predicted molar refractivity (Wildman–Crippen MR) is 101 cm³/mol. The summed E-state index contributed by atoms with van der Waals surface area (Å²) in [6, 6.07) is 6.78. The van der Waals surface area contributed by atoms with Crippen molar-refractivity contribution in [3.8, 4) is 22.1 Å². The topological polar surface area (TPSA) is 63.7 Å². The molecule has 8 heteroatoms. The lowest BCUT2D eigenvalue weighted by Crippen LogP contribution is -2.38. The number of nitrogens with zero attached hydrogens (tertiary/aromatic N) is 2. The van der Waals surface area contributed by atoms with Crippen LogP contribution in [0.25, 0.3) is 10.6 Å². The number of carbonyl (C=O) groups excluding carboxylic acids is 1. The highest BCUT2D eigenvalue weighted by Gasteiger charge is 2.32. The Balaban J connectivity index is 0.00000168. The van der Waals surface area contributed by atoms with Gasteiger partial charge in [0.15, 0.2) is 11.5 Å². The molecule has 5 rings (SSSR count). The second-order valence-corrected chi connectivity index (χ2v) is 7.81. The lowest BCUT2D eigenvalue weighted by atomic mass is 10.1. The molecule has 6 nitrogen and oxygen atoms in total. The van der Waals surface area contributed by atoms with E-state index in [1.807, 2.05) is 23.1 Å². The zero-order chi connectivity index (χ0) is 16.8. The van der Waals surface area contributed by atoms with Gasteiger partial charge in [-0.1, -0.05) is 0 Å². The normalized spacial score (nSPS) is 23.5. The summed E-state index contributed by atoms with van der Waals surface area (Å²) in [6.45, 7) is 1.88. The average molecular weight is 394 g/mol. The van der Waals surface area contributed by atoms with E-state index in [9.17, 15) is 4.79 Å². The fourth-order valence-corrected chi connectivity index (χ4v) is 4.70.